The lowest BCUT2D eigenvalue weighted by Gasteiger charge is -2.26. The van der Waals surface area contributed by atoms with Crippen molar-refractivity contribution in [2.45, 2.75) is 78.9 Å². The molecule has 0 saturated carbocycles. The smallest absolute Gasteiger partial charge is 0.429 e. The number of hydrogen-bond acceptors (Lipinski definition) is 4. The van der Waals surface area contributed by atoms with Crippen molar-refractivity contribution in [3.05, 3.63) is 12.2 Å². The van der Waals surface area contributed by atoms with Gasteiger partial charge in [-0.1, -0.05) is 26.8 Å². The molecule has 0 radical (unpaired) electrons. The molecule has 0 amide bonds. The molecule has 4 heteroatoms. The first-order valence-corrected chi connectivity index (χ1v) is 8.09. The van der Waals surface area contributed by atoms with Crippen LogP contribution in [0.15, 0.2) is 12.2 Å². The van der Waals surface area contributed by atoms with E-state index in [1.807, 2.05) is 53.7 Å². The summed E-state index contributed by atoms with van der Waals surface area (Å²) in [7, 11) is 0. The molecule has 1 rings (SSSR count). The van der Waals surface area contributed by atoms with Crippen LogP contribution in [0.1, 0.15) is 67.2 Å². The predicted octanol–water partition coefficient (Wildman–Crippen LogP) is 4.67. The van der Waals surface area contributed by atoms with Crippen molar-refractivity contribution in [3.63, 3.8) is 0 Å². The molecule has 0 spiro atoms. The van der Waals surface area contributed by atoms with Crippen LogP contribution in [0.3, 0.4) is 0 Å². The van der Waals surface area contributed by atoms with Gasteiger partial charge in [-0.25, -0.2) is 4.79 Å². The Hall–Kier alpha value is -1.32. The molecular formula is C18H30O4. The molecule has 0 fully saturated rings. The molecule has 1 aliphatic carbocycles. The van der Waals surface area contributed by atoms with Gasteiger partial charge in [0, 0.05) is 11.3 Å². The lowest BCUT2D eigenvalue weighted by molar-refractivity contribution is -0.130. The molecule has 0 aromatic rings. The SMILES string of the molecule is CC(C)(C)OC(=O)OC1/C=C/CC(C(=O)C(C)(C)C)CCC1. The molecule has 0 bridgehead atoms. The summed E-state index contributed by atoms with van der Waals surface area (Å²) < 4.78 is 10.5. The van der Waals surface area contributed by atoms with Crippen LogP contribution >= 0.6 is 0 Å². The zero-order chi connectivity index (χ0) is 17.0. The highest BCUT2D eigenvalue weighted by molar-refractivity contribution is 5.86. The highest BCUT2D eigenvalue weighted by Gasteiger charge is 2.29. The lowest BCUT2D eigenvalue weighted by atomic mass is 9.78. The van der Waals surface area contributed by atoms with Gasteiger partial charge >= 0.3 is 6.16 Å². The molecule has 0 heterocycles. The molecule has 4 nitrogen and oxygen atoms in total. The highest BCUT2D eigenvalue weighted by Crippen LogP contribution is 2.28. The van der Waals surface area contributed by atoms with Gasteiger partial charge in [-0.05, 0) is 52.5 Å². The third-order valence-electron chi connectivity index (χ3n) is 3.56. The molecule has 2 unspecified atom stereocenters. The van der Waals surface area contributed by atoms with E-state index in [2.05, 4.69) is 0 Å². The fraction of sp³-hybridized carbons (Fsp3) is 0.778. The molecule has 0 aliphatic heterocycles. The van der Waals surface area contributed by atoms with Crippen LogP contribution in [0, 0.1) is 11.3 Å². The molecule has 126 valence electrons. The summed E-state index contributed by atoms with van der Waals surface area (Å²) in [5.74, 6) is 0.377. The third kappa shape index (κ3) is 6.63. The summed E-state index contributed by atoms with van der Waals surface area (Å²) in [5, 5.41) is 0. The Bertz CT molecular complexity index is 423. The van der Waals surface area contributed by atoms with Crippen molar-refractivity contribution in [3.8, 4) is 0 Å². The van der Waals surface area contributed by atoms with Crippen molar-refractivity contribution in [1.29, 1.82) is 0 Å². The van der Waals surface area contributed by atoms with Gasteiger partial charge in [0.25, 0.3) is 0 Å². The second-order valence-electron chi connectivity index (χ2n) is 8.03. The van der Waals surface area contributed by atoms with Gasteiger partial charge in [-0.15, -0.1) is 0 Å². The number of carbonyl (C=O) groups excluding carboxylic acids is 2. The number of carbonyl (C=O) groups is 2. The normalized spacial score (nSPS) is 24.8. The number of ketones is 1. The van der Waals surface area contributed by atoms with Crippen molar-refractivity contribution < 1.29 is 19.1 Å². The first-order chi connectivity index (χ1) is 9.99. The van der Waals surface area contributed by atoms with Gasteiger partial charge in [-0.2, -0.15) is 0 Å². The average Bonchev–Trinajstić information content (AvgIpc) is 2.28. The van der Waals surface area contributed by atoms with E-state index in [0.717, 1.165) is 19.3 Å². The van der Waals surface area contributed by atoms with E-state index in [-0.39, 0.29) is 17.4 Å². The summed E-state index contributed by atoms with van der Waals surface area (Å²) in [5.41, 5.74) is -0.850. The van der Waals surface area contributed by atoms with Gasteiger partial charge in [0.1, 0.15) is 17.5 Å². The van der Waals surface area contributed by atoms with Crippen LogP contribution in [0.5, 0.6) is 0 Å². The standard InChI is InChI=1S/C18H30O4/c1-17(2,3)15(19)13-9-7-11-14(12-8-10-13)21-16(20)22-18(4,5)6/h7,11,13-14H,8-10,12H2,1-6H3/b11-7+. The van der Waals surface area contributed by atoms with E-state index in [1.165, 1.54) is 0 Å². The summed E-state index contributed by atoms with van der Waals surface area (Å²) in [4.78, 5) is 24.1. The monoisotopic (exact) mass is 310 g/mol. The number of rotatable bonds is 2. The van der Waals surface area contributed by atoms with Crippen molar-refractivity contribution >= 4 is 11.9 Å². The van der Waals surface area contributed by atoms with E-state index < -0.39 is 11.8 Å². The van der Waals surface area contributed by atoms with Crippen molar-refractivity contribution in [2.24, 2.45) is 11.3 Å². The van der Waals surface area contributed by atoms with Crippen LogP contribution in [0.25, 0.3) is 0 Å². The molecule has 1 aliphatic rings. The maximum absolute atomic E-state index is 12.4. The van der Waals surface area contributed by atoms with E-state index in [9.17, 15) is 9.59 Å². The number of hydrogen-bond donors (Lipinski definition) is 0. The van der Waals surface area contributed by atoms with E-state index in [0.29, 0.717) is 12.2 Å². The average molecular weight is 310 g/mol. The third-order valence-corrected chi connectivity index (χ3v) is 3.56. The first kappa shape index (κ1) is 18.7. The Labute approximate surface area is 134 Å². The summed E-state index contributed by atoms with van der Waals surface area (Å²) in [6.45, 7) is 11.3. The van der Waals surface area contributed by atoms with Crippen LogP contribution in [-0.2, 0) is 14.3 Å². The molecule has 0 aromatic carbocycles. The number of ether oxygens (including phenoxy) is 2. The maximum atomic E-state index is 12.4. The molecule has 0 saturated heterocycles. The second-order valence-corrected chi connectivity index (χ2v) is 8.03. The van der Waals surface area contributed by atoms with Gasteiger partial charge in [0.05, 0.1) is 0 Å². The minimum atomic E-state index is -0.634. The molecule has 2 atom stereocenters. The Kier molecular flexibility index (Phi) is 6.21. The van der Waals surface area contributed by atoms with Crippen LogP contribution < -0.4 is 0 Å². The summed E-state index contributed by atoms with van der Waals surface area (Å²) in [6, 6.07) is 0. The minimum Gasteiger partial charge on any atom is -0.429 e. The molecule has 0 N–H and O–H groups in total. The van der Waals surface area contributed by atoms with E-state index in [4.69, 9.17) is 9.47 Å². The first-order valence-electron chi connectivity index (χ1n) is 8.09. The maximum Gasteiger partial charge on any atom is 0.509 e. The Morgan fingerprint density at radius 2 is 1.68 bits per heavy atom. The highest BCUT2D eigenvalue weighted by atomic mass is 16.7. The van der Waals surface area contributed by atoms with Gasteiger partial charge in [0.2, 0.25) is 0 Å². The second kappa shape index (κ2) is 7.30. The number of allylic oxidation sites excluding steroid dienone is 1. The zero-order valence-corrected chi connectivity index (χ0v) is 14.8. The fourth-order valence-corrected chi connectivity index (χ4v) is 2.52. The largest absolute Gasteiger partial charge is 0.509 e. The minimum absolute atomic E-state index is 0.0683. The van der Waals surface area contributed by atoms with Crippen LogP contribution in [0.4, 0.5) is 4.79 Å². The Balaban J connectivity index is 2.56. The van der Waals surface area contributed by atoms with E-state index >= 15 is 0 Å². The molecular weight excluding hydrogens is 280 g/mol. The Morgan fingerprint density at radius 3 is 2.23 bits per heavy atom. The summed E-state index contributed by atoms with van der Waals surface area (Å²) >= 11 is 0. The quantitative estimate of drug-likeness (QED) is 0.549. The van der Waals surface area contributed by atoms with E-state index in [1.54, 1.807) is 0 Å². The zero-order valence-electron chi connectivity index (χ0n) is 14.8. The predicted molar refractivity (Wildman–Crippen MR) is 86.7 cm³/mol. The van der Waals surface area contributed by atoms with Gasteiger partial charge < -0.3 is 9.47 Å². The Morgan fingerprint density at radius 1 is 1.05 bits per heavy atom. The number of Topliss-reactive ketones (excluding diaryl/α,β-unsaturated/α-hetero) is 1. The fourth-order valence-electron chi connectivity index (χ4n) is 2.52. The topological polar surface area (TPSA) is 52.6 Å². The molecule has 22 heavy (non-hydrogen) atoms. The summed E-state index contributed by atoms with van der Waals surface area (Å²) in [6.07, 6.45) is 6.09. The lowest BCUT2D eigenvalue weighted by Crippen LogP contribution is -2.30. The van der Waals surface area contributed by atoms with Gasteiger partial charge in [0.15, 0.2) is 0 Å². The van der Waals surface area contributed by atoms with Crippen LogP contribution in [-0.4, -0.2) is 23.6 Å². The van der Waals surface area contributed by atoms with Crippen molar-refractivity contribution in [2.75, 3.05) is 0 Å². The van der Waals surface area contributed by atoms with Gasteiger partial charge in [-0.3, -0.25) is 4.79 Å². The molecule has 0 aromatic heterocycles. The van der Waals surface area contributed by atoms with Crippen molar-refractivity contribution in [1.82, 2.24) is 0 Å². The van der Waals surface area contributed by atoms with Crippen LogP contribution in [0.2, 0.25) is 0 Å².